The number of fused-ring (bicyclic) bond motifs is 1. The SMILES string of the molecule is Cc1cc2c(cc1S(=O)(=O)N(C)CC(=O)N1CCN(c3ccc(F)cc3)CC1)O[C@H](C)C(=O)N2. The molecule has 2 aromatic rings. The van der Waals surface area contributed by atoms with Gasteiger partial charge in [-0.15, -0.1) is 0 Å². The Morgan fingerprint density at radius 2 is 1.82 bits per heavy atom. The average molecular weight is 491 g/mol. The van der Waals surface area contributed by atoms with Crippen molar-refractivity contribution in [2.75, 3.05) is 50.0 Å². The number of ether oxygens (including phenoxy) is 1. The molecule has 2 aliphatic heterocycles. The fourth-order valence-electron chi connectivity index (χ4n) is 4.03. The Balaban J connectivity index is 1.42. The number of carbonyl (C=O) groups excluding carboxylic acids is 2. The van der Waals surface area contributed by atoms with Gasteiger partial charge < -0.3 is 19.9 Å². The predicted molar refractivity (Wildman–Crippen MR) is 125 cm³/mol. The molecule has 182 valence electrons. The van der Waals surface area contributed by atoms with E-state index in [1.165, 1.54) is 25.2 Å². The molecule has 2 amide bonds. The molecule has 1 N–H and O–H groups in total. The van der Waals surface area contributed by atoms with Crippen LogP contribution in [0.3, 0.4) is 0 Å². The minimum Gasteiger partial charge on any atom is -0.479 e. The van der Waals surface area contributed by atoms with Gasteiger partial charge in [0.25, 0.3) is 5.91 Å². The smallest absolute Gasteiger partial charge is 0.265 e. The normalized spacial score (nSPS) is 18.4. The Morgan fingerprint density at radius 1 is 1.18 bits per heavy atom. The van der Waals surface area contributed by atoms with Crippen molar-refractivity contribution in [3.05, 3.63) is 47.8 Å². The molecule has 0 aliphatic carbocycles. The average Bonchev–Trinajstić information content (AvgIpc) is 2.80. The summed E-state index contributed by atoms with van der Waals surface area (Å²) in [6.45, 7) is 4.91. The number of sulfonamides is 1. The maximum absolute atomic E-state index is 13.2. The molecule has 0 radical (unpaired) electrons. The van der Waals surface area contributed by atoms with Gasteiger partial charge in [0.05, 0.1) is 17.1 Å². The number of nitrogens with one attached hydrogen (secondary N) is 1. The third kappa shape index (κ3) is 4.71. The highest BCUT2D eigenvalue weighted by Gasteiger charge is 2.31. The van der Waals surface area contributed by atoms with E-state index in [9.17, 15) is 22.4 Å². The van der Waals surface area contributed by atoms with Crippen LogP contribution in [0.4, 0.5) is 15.8 Å². The Kier molecular flexibility index (Phi) is 6.50. The minimum atomic E-state index is -3.98. The minimum absolute atomic E-state index is 0.0195. The lowest BCUT2D eigenvalue weighted by molar-refractivity contribution is -0.131. The van der Waals surface area contributed by atoms with Crippen molar-refractivity contribution in [3.8, 4) is 5.75 Å². The monoisotopic (exact) mass is 490 g/mol. The number of benzene rings is 2. The highest BCUT2D eigenvalue weighted by molar-refractivity contribution is 7.89. The summed E-state index contributed by atoms with van der Waals surface area (Å²) in [4.78, 5) is 28.4. The van der Waals surface area contributed by atoms with Crippen LogP contribution in [0.2, 0.25) is 0 Å². The van der Waals surface area contributed by atoms with Crippen LogP contribution in [-0.4, -0.2) is 75.3 Å². The van der Waals surface area contributed by atoms with Crippen LogP contribution in [0.5, 0.6) is 5.75 Å². The Bertz CT molecular complexity index is 1210. The zero-order valence-corrected chi connectivity index (χ0v) is 20.1. The standard InChI is InChI=1S/C23H27FN4O5S/c1-15-12-19-20(33-16(2)23(30)25-19)13-21(15)34(31,32)26(3)14-22(29)28-10-8-27(9-11-28)18-6-4-17(24)5-7-18/h4-7,12-13,16H,8-11,14H2,1-3H3,(H,25,30)/t16-/m1/s1. The summed E-state index contributed by atoms with van der Waals surface area (Å²) in [5.74, 6) is -0.628. The third-order valence-corrected chi connectivity index (χ3v) is 8.02. The molecule has 1 atom stereocenters. The highest BCUT2D eigenvalue weighted by Crippen LogP contribution is 2.35. The second-order valence-electron chi connectivity index (χ2n) is 8.47. The van der Waals surface area contributed by atoms with Crippen LogP contribution in [0.15, 0.2) is 41.3 Å². The number of likely N-dealkylation sites (N-methyl/N-ethyl adjacent to an activating group) is 1. The van der Waals surface area contributed by atoms with E-state index in [0.29, 0.717) is 37.4 Å². The fourth-order valence-corrected chi connectivity index (χ4v) is 5.37. The van der Waals surface area contributed by atoms with Crippen LogP contribution < -0.4 is 15.0 Å². The molecule has 4 rings (SSSR count). The van der Waals surface area contributed by atoms with Crippen LogP contribution in [0.1, 0.15) is 12.5 Å². The molecule has 9 nitrogen and oxygen atoms in total. The van der Waals surface area contributed by atoms with Crippen molar-refractivity contribution in [3.63, 3.8) is 0 Å². The summed E-state index contributed by atoms with van der Waals surface area (Å²) in [6, 6.07) is 9.13. The van der Waals surface area contributed by atoms with Crippen molar-refractivity contribution in [1.29, 1.82) is 0 Å². The number of rotatable bonds is 5. The summed E-state index contributed by atoms with van der Waals surface area (Å²) < 4.78 is 46.2. The summed E-state index contributed by atoms with van der Waals surface area (Å²) in [7, 11) is -2.61. The van der Waals surface area contributed by atoms with Crippen molar-refractivity contribution in [2.24, 2.45) is 0 Å². The van der Waals surface area contributed by atoms with E-state index in [4.69, 9.17) is 4.74 Å². The van der Waals surface area contributed by atoms with Gasteiger partial charge in [0, 0.05) is 45.0 Å². The van der Waals surface area contributed by atoms with E-state index in [1.807, 2.05) is 0 Å². The van der Waals surface area contributed by atoms with Crippen molar-refractivity contribution < 1.29 is 27.1 Å². The molecule has 0 aromatic heterocycles. The highest BCUT2D eigenvalue weighted by atomic mass is 32.2. The molecule has 0 bridgehead atoms. The third-order valence-electron chi connectivity index (χ3n) is 6.08. The molecule has 0 saturated carbocycles. The fraction of sp³-hybridized carbons (Fsp3) is 0.391. The van der Waals surface area contributed by atoms with Gasteiger partial charge in [-0.2, -0.15) is 4.31 Å². The van der Waals surface area contributed by atoms with E-state index < -0.39 is 16.1 Å². The molecule has 1 saturated heterocycles. The number of piperazine rings is 1. The first-order chi connectivity index (χ1) is 16.1. The first kappa shape index (κ1) is 24.0. The van der Waals surface area contributed by atoms with Gasteiger partial charge in [0.15, 0.2) is 6.10 Å². The number of aryl methyl sites for hydroxylation is 1. The zero-order chi connectivity index (χ0) is 24.6. The number of carbonyl (C=O) groups is 2. The van der Waals surface area contributed by atoms with Crippen molar-refractivity contribution in [2.45, 2.75) is 24.8 Å². The molecular weight excluding hydrogens is 463 g/mol. The predicted octanol–water partition coefficient (Wildman–Crippen LogP) is 1.82. The van der Waals surface area contributed by atoms with Gasteiger partial charge in [-0.05, 0) is 49.7 Å². The lowest BCUT2D eigenvalue weighted by atomic mass is 10.1. The first-order valence-electron chi connectivity index (χ1n) is 10.9. The number of anilines is 2. The maximum Gasteiger partial charge on any atom is 0.265 e. The van der Waals surface area contributed by atoms with Crippen LogP contribution in [-0.2, 0) is 19.6 Å². The number of hydrogen-bond acceptors (Lipinski definition) is 6. The topological polar surface area (TPSA) is 99.3 Å². The molecular formula is C23H27FN4O5S. The quantitative estimate of drug-likeness (QED) is 0.687. The van der Waals surface area contributed by atoms with Gasteiger partial charge in [-0.1, -0.05) is 0 Å². The zero-order valence-electron chi connectivity index (χ0n) is 19.2. The van der Waals surface area contributed by atoms with Gasteiger partial charge in [0.2, 0.25) is 15.9 Å². The number of halogens is 1. The number of amides is 2. The van der Waals surface area contributed by atoms with E-state index >= 15 is 0 Å². The molecule has 2 heterocycles. The largest absolute Gasteiger partial charge is 0.479 e. The van der Waals surface area contributed by atoms with Crippen LogP contribution >= 0.6 is 0 Å². The summed E-state index contributed by atoms with van der Waals surface area (Å²) in [6.07, 6.45) is -0.737. The summed E-state index contributed by atoms with van der Waals surface area (Å²) in [5.41, 5.74) is 1.73. The second kappa shape index (κ2) is 9.22. The van der Waals surface area contributed by atoms with E-state index in [2.05, 4.69) is 10.2 Å². The molecule has 1 fully saturated rings. The lowest BCUT2D eigenvalue weighted by Crippen LogP contribution is -2.51. The Morgan fingerprint density at radius 3 is 2.47 bits per heavy atom. The Hall–Kier alpha value is -3.18. The van der Waals surface area contributed by atoms with Gasteiger partial charge in [-0.25, -0.2) is 12.8 Å². The second-order valence-corrected chi connectivity index (χ2v) is 10.5. The number of nitrogens with zero attached hydrogens (tertiary/aromatic N) is 3. The number of hydrogen-bond donors (Lipinski definition) is 1. The lowest BCUT2D eigenvalue weighted by Gasteiger charge is -2.36. The maximum atomic E-state index is 13.2. The first-order valence-corrected chi connectivity index (χ1v) is 12.4. The van der Waals surface area contributed by atoms with E-state index in [-0.39, 0.29) is 34.8 Å². The van der Waals surface area contributed by atoms with Crippen molar-refractivity contribution in [1.82, 2.24) is 9.21 Å². The van der Waals surface area contributed by atoms with Crippen LogP contribution in [0.25, 0.3) is 0 Å². The van der Waals surface area contributed by atoms with Gasteiger partial charge in [-0.3, -0.25) is 9.59 Å². The van der Waals surface area contributed by atoms with E-state index in [0.717, 1.165) is 9.99 Å². The molecule has 2 aliphatic rings. The van der Waals surface area contributed by atoms with Crippen LogP contribution in [0, 0.1) is 12.7 Å². The van der Waals surface area contributed by atoms with Crippen molar-refractivity contribution >= 4 is 33.2 Å². The molecule has 2 aromatic carbocycles. The molecule has 34 heavy (non-hydrogen) atoms. The summed E-state index contributed by atoms with van der Waals surface area (Å²) in [5, 5.41) is 2.70. The molecule has 0 spiro atoms. The summed E-state index contributed by atoms with van der Waals surface area (Å²) >= 11 is 0. The molecule has 0 unspecified atom stereocenters. The molecule has 11 heteroatoms. The van der Waals surface area contributed by atoms with E-state index in [1.54, 1.807) is 36.9 Å². The van der Waals surface area contributed by atoms with Gasteiger partial charge in [0.1, 0.15) is 11.6 Å². The Labute approximate surface area is 198 Å². The van der Waals surface area contributed by atoms with Gasteiger partial charge >= 0.3 is 0 Å².